The maximum atomic E-state index is 11.1. The van der Waals surface area contributed by atoms with Gasteiger partial charge in [-0.15, -0.1) is 0 Å². The third kappa shape index (κ3) is 1.53. The predicted octanol–water partition coefficient (Wildman–Crippen LogP) is 0.175. The smallest absolute Gasteiger partial charge is 0.237 e. The van der Waals surface area contributed by atoms with Gasteiger partial charge in [0.25, 0.3) is 0 Å². The number of nitrogens with zero attached hydrogens (tertiary/aromatic N) is 1. The molecular weight excluding hydrogens is 166 g/mol. The summed E-state index contributed by atoms with van der Waals surface area (Å²) in [5.74, 6) is 5.33. The van der Waals surface area contributed by atoms with Crippen LogP contribution in [0.5, 0.6) is 0 Å². The normalized spacial score (nSPS) is 25.3. The van der Waals surface area contributed by atoms with Crippen LogP contribution in [0.15, 0.2) is 24.5 Å². The van der Waals surface area contributed by atoms with Gasteiger partial charge in [0.15, 0.2) is 0 Å². The molecule has 1 aliphatic carbocycles. The van der Waals surface area contributed by atoms with Crippen molar-refractivity contribution in [3.05, 3.63) is 30.1 Å². The molecule has 0 aliphatic heterocycles. The van der Waals surface area contributed by atoms with Crippen molar-refractivity contribution < 1.29 is 4.79 Å². The van der Waals surface area contributed by atoms with Crippen LogP contribution in [0.2, 0.25) is 0 Å². The van der Waals surface area contributed by atoms with Gasteiger partial charge in [0.1, 0.15) is 0 Å². The van der Waals surface area contributed by atoms with Gasteiger partial charge in [-0.05, 0) is 24.0 Å². The van der Waals surface area contributed by atoms with Gasteiger partial charge in [-0.3, -0.25) is 15.2 Å². The summed E-state index contributed by atoms with van der Waals surface area (Å²) in [6.45, 7) is 0. The number of rotatable bonds is 2. The number of carbonyl (C=O) groups excluding carboxylic acids is 1. The van der Waals surface area contributed by atoms with Gasteiger partial charge >= 0.3 is 0 Å². The molecule has 1 aliphatic rings. The van der Waals surface area contributed by atoms with E-state index in [2.05, 4.69) is 10.4 Å². The molecule has 1 aromatic rings. The number of pyridine rings is 1. The molecule has 1 aromatic heterocycles. The molecule has 4 nitrogen and oxygen atoms in total. The second kappa shape index (κ2) is 3.14. The highest BCUT2D eigenvalue weighted by atomic mass is 16.2. The largest absolute Gasteiger partial charge is 0.294 e. The Bertz CT molecular complexity index is 312. The SMILES string of the molecule is NNC(=O)[C@@H]1C[C@H]1c1cccnc1. The summed E-state index contributed by atoms with van der Waals surface area (Å²) in [7, 11) is 0. The average Bonchev–Trinajstić information content (AvgIpc) is 2.98. The molecule has 0 radical (unpaired) electrons. The van der Waals surface area contributed by atoms with Crippen molar-refractivity contribution in [2.75, 3.05) is 0 Å². The van der Waals surface area contributed by atoms with Crippen molar-refractivity contribution in [2.24, 2.45) is 11.8 Å². The summed E-state index contributed by atoms with van der Waals surface area (Å²) in [6, 6.07) is 3.87. The van der Waals surface area contributed by atoms with Crippen molar-refractivity contribution >= 4 is 5.91 Å². The van der Waals surface area contributed by atoms with E-state index in [-0.39, 0.29) is 11.8 Å². The van der Waals surface area contributed by atoms with Crippen LogP contribution >= 0.6 is 0 Å². The first-order chi connectivity index (χ1) is 6.33. The highest BCUT2D eigenvalue weighted by Gasteiger charge is 2.43. The van der Waals surface area contributed by atoms with Gasteiger partial charge in [-0.1, -0.05) is 6.07 Å². The van der Waals surface area contributed by atoms with Crippen LogP contribution in [0.4, 0.5) is 0 Å². The fourth-order valence-corrected chi connectivity index (χ4v) is 1.56. The van der Waals surface area contributed by atoms with E-state index in [4.69, 9.17) is 5.84 Å². The number of nitrogens with one attached hydrogen (secondary N) is 1. The number of hydrazine groups is 1. The van der Waals surface area contributed by atoms with Crippen molar-refractivity contribution in [1.82, 2.24) is 10.4 Å². The van der Waals surface area contributed by atoms with Gasteiger partial charge in [0, 0.05) is 18.3 Å². The lowest BCUT2D eigenvalue weighted by atomic mass is 10.1. The van der Waals surface area contributed by atoms with Crippen LogP contribution in [0.1, 0.15) is 17.9 Å². The zero-order valence-electron chi connectivity index (χ0n) is 7.10. The number of nitrogens with two attached hydrogens (primary N) is 1. The molecule has 0 bridgehead atoms. The number of carbonyl (C=O) groups is 1. The summed E-state index contributed by atoms with van der Waals surface area (Å²) < 4.78 is 0. The first-order valence-electron chi connectivity index (χ1n) is 4.23. The molecule has 2 atom stereocenters. The van der Waals surface area contributed by atoms with Crippen molar-refractivity contribution in [2.45, 2.75) is 12.3 Å². The summed E-state index contributed by atoms with van der Waals surface area (Å²) in [5.41, 5.74) is 3.29. The van der Waals surface area contributed by atoms with Crippen LogP contribution in [0.3, 0.4) is 0 Å². The molecular formula is C9H11N3O. The number of aromatic nitrogens is 1. The summed E-state index contributed by atoms with van der Waals surface area (Å²) >= 11 is 0. The Morgan fingerprint density at radius 3 is 3.15 bits per heavy atom. The topological polar surface area (TPSA) is 68.0 Å². The third-order valence-corrected chi connectivity index (χ3v) is 2.38. The number of amides is 1. The lowest BCUT2D eigenvalue weighted by molar-refractivity contribution is -0.122. The zero-order chi connectivity index (χ0) is 9.26. The van der Waals surface area contributed by atoms with Crippen LogP contribution in [0, 0.1) is 5.92 Å². The molecule has 4 heteroatoms. The Kier molecular flexibility index (Phi) is 1.98. The molecule has 0 unspecified atom stereocenters. The summed E-state index contributed by atoms with van der Waals surface area (Å²) in [6.07, 6.45) is 4.41. The fourth-order valence-electron chi connectivity index (χ4n) is 1.56. The minimum atomic E-state index is -0.0751. The van der Waals surface area contributed by atoms with Crippen molar-refractivity contribution in [3.8, 4) is 0 Å². The van der Waals surface area contributed by atoms with E-state index >= 15 is 0 Å². The molecule has 0 spiro atoms. The highest BCUT2D eigenvalue weighted by molar-refractivity contribution is 5.82. The van der Waals surface area contributed by atoms with Crippen LogP contribution in [-0.2, 0) is 4.79 Å². The molecule has 1 heterocycles. The molecule has 2 rings (SSSR count). The number of hydrogen-bond acceptors (Lipinski definition) is 3. The Morgan fingerprint density at radius 2 is 2.54 bits per heavy atom. The lowest BCUT2D eigenvalue weighted by Crippen LogP contribution is -2.31. The van der Waals surface area contributed by atoms with E-state index in [1.807, 2.05) is 12.1 Å². The van der Waals surface area contributed by atoms with Crippen molar-refractivity contribution in [3.63, 3.8) is 0 Å². The zero-order valence-corrected chi connectivity index (χ0v) is 7.10. The number of hydrogen-bond donors (Lipinski definition) is 2. The molecule has 1 fully saturated rings. The minimum absolute atomic E-state index is 0.0502. The van der Waals surface area contributed by atoms with Crippen LogP contribution < -0.4 is 11.3 Å². The monoisotopic (exact) mass is 177 g/mol. The maximum Gasteiger partial charge on any atom is 0.237 e. The van der Waals surface area contributed by atoms with E-state index in [0.717, 1.165) is 12.0 Å². The highest BCUT2D eigenvalue weighted by Crippen LogP contribution is 2.46. The van der Waals surface area contributed by atoms with E-state index in [1.54, 1.807) is 12.4 Å². The first-order valence-corrected chi connectivity index (χ1v) is 4.23. The Labute approximate surface area is 76.1 Å². The Hall–Kier alpha value is -1.42. The molecule has 3 N–H and O–H groups in total. The van der Waals surface area contributed by atoms with Gasteiger partial charge < -0.3 is 0 Å². The Balaban J connectivity index is 2.04. The van der Waals surface area contributed by atoms with E-state index in [1.165, 1.54) is 0 Å². The van der Waals surface area contributed by atoms with Crippen molar-refractivity contribution in [1.29, 1.82) is 0 Å². The third-order valence-electron chi connectivity index (χ3n) is 2.38. The maximum absolute atomic E-state index is 11.1. The lowest BCUT2D eigenvalue weighted by Gasteiger charge is -1.98. The van der Waals surface area contributed by atoms with Crippen LogP contribution in [0.25, 0.3) is 0 Å². The Morgan fingerprint density at radius 1 is 1.69 bits per heavy atom. The quantitative estimate of drug-likeness (QED) is 0.384. The second-order valence-corrected chi connectivity index (χ2v) is 3.24. The van der Waals surface area contributed by atoms with Gasteiger partial charge in [0.05, 0.1) is 0 Å². The molecule has 13 heavy (non-hydrogen) atoms. The van der Waals surface area contributed by atoms with E-state index in [0.29, 0.717) is 5.92 Å². The fraction of sp³-hybridized carbons (Fsp3) is 0.333. The van der Waals surface area contributed by atoms with E-state index < -0.39 is 0 Å². The van der Waals surface area contributed by atoms with Crippen LogP contribution in [-0.4, -0.2) is 10.9 Å². The summed E-state index contributed by atoms with van der Waals surface area (Å²) in [4.78, 5) is 15.1. The molecule has 0 saturated heterocycles. The average molecular weight is 177 g/mol. The summed E-state index contributed by atoms with van der Waals surface area (Å²) in [5, 5.41) is 0. The molecule has 68 valence electrons. The molecule has 0 aromatic carbocycles. The van der Waals surface area contributed by atoms with Gasteiger partial charge in [-0.2, -0.15) is 0 Å². The molecule has 1 saturated carbocycles. The minimum Gasteiger partial charge on any atom is -0.294 e. The molecule has 1 amide bonds. The first kappa shape index (κ1) is 8.19. The standard InChI is InChI=1S/C9H11N3O/c10-12-9(13)8-4-7(8)6-2-1-3-11-5-6/h1-3,5,7-8H,4,10H2,(H,12,13)/t7-,8+/m0/s1. The van der Waals surface area contributed by atoms with E-state index in [9.17, 15) is 4.79 Å². The second-order valence-electron chi connectivity index (χ2n) is 3.24. The predicted molar refractivity (Wildman–Crippen MR) is 47.4 cm³/mol. The van der Waals surface area contributed by atoms with Gasteiger partial charge in [-0.25, -0.2) is 5.84 Å². The van der Waals surface area contributed by atoms with Gasteiger partial charge in [0.2, 0.25) is 5.91 Å².